The van der Waals surface area contributed by atoms with E-state index in [2.05, 4.69) is 71.3 Å². The molecule has 2 heteroatoms. The summed E-state index contributed by atoms with van der Waals surface area (Å²) in [6.07, 6.45) is 4.78. The summed E-state index contributed by atoms with van der Waals surface area (Å²) >= 11 is 0. The Hall–Kier alpha value is -2.61. The standard InChI is InChI=1S/C20H18NO/c1-3-7-16(8-4-1)15-18-11-12-20-19(13-14-22-20)21(18)17-9-5-2-6-10-17/h1-10,13-14H,11-12,15H2/q+1. The first kappa shape index (κ1) is 13.1. The maximum absolute atomic E-state index is 5.65. The van der Waals surface area contributed by atoms with Gasteiger partial charge in [0.2, 0.25) is 5.69 Å². The van der Waals surface area contributed by atoms with Gasteiger partial charge >= 0.3 is 0 Å². The topological polar surface area (TPSA) is 16.1 Å². The van der Waals surface area contributed by atoms with Crippen LogP contribution in [0.25, 0.3) is 0 Å². The van der Waals surface area contributed by atoms with E-state index in [0.717, 1.165) is 25.0 Å². The lowest BCUT2D eigenvalue weighted by molar-refractivity contribution is 0.506. The van der Waals surface area contributed by atoms with Crippen molar-refractivity contribution in [3.8, 4) is 0 Å². The highest BCUT2D eigenvalue weighted by atomic mass is 16.3. The van der Waals surface area contributed by atoms with Crippen molar-refractivity contribution in [1.82, 2.24) is 4.58 Å². The summed E-state index contributed by atoms with van der Waals surface area (Å²) in [5.74, 6) is 1.08. The third kappa shape index (κ3) is 2.37. The van der Waals surface area contributed by atoms with Gasteiger partial charge in [-0.15, -0.1) is 0 Å². The van der Waals surface area contributed by atoms with Crippen molar-refractivity contribution >= 4 is 17.1 Å². The van der Waals surface area contributed by atoms with Crippen molar-refractivity contribution in [1.29, 1.82) is 0 Å². The van der Waals surface area contributed by atoms with Gasteiger partial charge in [0.05, 0.1) is 12.7 Å². The van der Waals surface area contributed by atoms with Gasteiger partial charge in [-0.1, -0.05) is 48.5 Å². The Morgan fingerprint density at radius 1 is 0.818 bits per heavy atom. The molecule has 1 aromatic heterocycles. The molecule has 0 bridgehead atoms. The molecule has 0 amide bonds. The fraction of sp³-hybridized carbons (Fsp3) is 0.150. The van der Waals surface area contributed by atoms with Crippen LogP contribution in [0.15, 0.2) is 77.4 Å². The largest absolute Gasteiger partial charge is 0.462 e. The Morgan fingerprint density at radius 2 is 1.55 bits per heavy atom. The average molecular weight is 288 g/mol. The minimum absolute atomic E-state index is 0.973. The maximum atomic E-state index is 5.65. The molecule has 2 nitrogen and oxygen atoms in total. The average Bonchev–Trinajstić information content (AvgIpc) is 3.05. The lowest BCUT2D eigenvalue weighted by atomic mass is 10.00. The van der Waals surface area contributed by atoms with Crippen molar-refractivity contribution in [2.45, 2.75) is 19.3 Å². The normalized spacial score (nSPS) is 14.0. The summed E-state index contributed by atoms with van der Waals surface area (Å²) < 4.78 is 8.01. The van der Waals surface area contributed by atoms with Crippen LogP contribution in [0.3, 0.4) is 0 Å². The molecule has 22 heavy (non-hydrogen) atoms. The van der Waals surface area contributed by atoms with E-state index in [1.807, 2.05) is 0 Å². The minimum atomic E-state index is 0.973. The molecule has 108 valence electrons. The van der Waals surface area contributed by atoms with E-state index in [1.54, 1.807) is 6.26 Å². The third-order valence-corrected chi connectivity index (χ3v) is 4.19. The lowest BCUT2D eigenvalue weighted by Gasteiger charge is -2.14. The van der Waals surface area contributed by atoms with Gasteiger partial charge in [0.1, 0.15) is 0 Å². The Morgan fingerprint density at radius 3 is 2.32 bits per heavy atom. The van der Waals surface area contributed by atoms with Gasteiger partial charge in [0, 0.05) is 31.0 Å². The van der Waals surface area contributed by atoms with Crippen molar-refractivity contribution in [2.75, 3.05) is 0 Å². The molecule has 0 unspecified atom stereocenters. The molecule has 3 aromatic rings. The first-order valence-corrected chi connectivity index (χ1v) is 7.72. The van der Waals surface area contributed by atoms with Gasteiger partial charge in [-0.05, 0) is 5.56 Å². The number of rotatable bonds is 3. The van der Waals surface area contributed by atoms with Gasteiger partial charge in [0.25, 0.3) is 5.69 Å². The summed E-state index contributed by atoms with van der Waals surface area (Å²) in [6, 6.07) is 23.3. The van der Waals surface area contributed by atoms with Crippen LogP contribution in [0.2, 0.25) is 0 Å². The fourth-order valence-corrected chi connectivity index (χ4v) is 3.16. The number of hydrogen-bond acceptors (Lipinski definition) is 1. The first-order chi connectivity index (χ1) is 10.9. The highest BCUT2D eigenvalue weighted by Gasteiger charge is 2.30. The molecule has 0 radical (unpaired) electrons. The van der Waals surface area contributed by atoms with Gasteiger partial charge < -0.3 is 4.42 Å². The van der Waals surface area contributed by atoms with Crippen molar-refractivity contribution in [3.63, 3.8) is 0 Å². The van der Waals surface area contributed by atoms with E-state index in [1.165, 1.54) is 22.6 Å². The van der Waals surface area contributed by atoms with E-state index < -0.39 is 0 Å². The van der Waals surface area contributed by atoms with Crippen molar-refractivity contribution < 1.29 is 4.42 Å². The van der Waals surface area contributed by atoms with Crippen LogP contribution in [0.5, 0.6) is 0 Å². The number of nitrogens with zero attached hydrogens (tertiary/aromatic N) is 1. The van der Waals surface area contributed by atoms with Crippen molar-refractivity contribution in [2.24, 2.45) is 0 Å². The second-order valence-corrected chi connectivity index (χ2v) is 5.63. The van der Waals surface area contributed by atoms with Gasteiger partial charge in [-0.2, -0.15) is 4.58 Å². The van der Waals surface area contributed by atoms with Gasteiger partial charge in [-0.3, -0.25) is 0 Å². The summed E-state index contributed by atoms with van der Waals surface area (Å²) in [7, 11) is 0. The molecule has 0 N–H and O–H groups in total. The van der Waals surface area contributed by atoms with Crippen LogP contribution in [-0.4, -0.2) is 5.71 Å². The number of para-hydroxylation sites is 1. The highest BCUT2D eigenvalue weighted by molar-refractivity contribution is 5.93. The number of hydrogen-bond donors (Lipinski definition) is 0. The molecular formula is C20H18NO+. The van der Waals surface area contributed by atoms with Crippen molar-refractivity contribution in [3.05, 3.63) is 84.3 Å². The fourth-order valence-electron chi connectivity index (χ4n) is 3.16. The number of furan rings is 1. The van der Waals surface area contributed by atoms with Crippen LogP contribution in [-0.2, 0) is 12.8 Å². The molecule has 0 atom stereocenters. The number of benzene rings is 2. The number of aryl methyl sites for hydroxylation is 1. The summed E-state index contributed by atoms with van der Waals surface area (Å²) in [6.45, 7) is 0. The van der Waals surface area contributed by atoms with Crippen LogP contribution < -0.4 is 4.58 Å². The molecular weight excluding hydrogens is 270 g/mol. The lowest BCUT2D eigenvalue weighted by Crippen LogP contribution is -2.24. The van der Waals surface area contributed by atoms with E-state index in [0.29, 0.717) is 0 Å². The summed E-state index contributed by atoms with van der Waals surface area (Å²) in [4.78, 5) is 0. The van der Waals surface area contributed by atoms with Gasteiger partial charge in [-0.25, -0.2) is 0 Å². The molecule has 1 aliphatic heterocycles. The SMILES string of the molecule is c1ccc(CC2=[N+](c3ccccc3)c3ccoc3CC2)cc1. The molecule has 2 heterocycles. The zero-order valence-corrected chi connectivity index (χ0v) is 12.4. The molecule has 0 saturated carbocycles. The second kappa shape index (κ2) is 5.64. The van der Waals surface area contributed by atoms with E-state index in [9.17, 15) is 0 Å². The second-order valence-electron chi connectivity index (χ2n) is 5.63. The predicted molar refractivity (Wildman–Crippen MR) is 90.1 cm³/mol. The predicted octanol–water partition coefficient (Wildman–Crippen LogP) is 4.74. The molecule has 0 saturated heterocycles. The molecule has 0 spiro atoms. The molecule has 0 fully saturated rings. The van der Waals surface area contributed by atoms with E-state index >= 15 is 0 Å². The van der Waals surface area contributed by atoms with E-state index in [4.69, 9.17) is 4.42 Å². The smallest absolute Gasteiger partial charge is 0.252 e. The van der Waals surface area contributed by atoms with Gasteiger partial charge in [0.15, 0.2) is 11.5 Å². The third-order valence-electron chi connectivity index (χ3n) is 4.19. The zero-order chi connectivity index (χ0) is 14.8. The Balaban J connectivity index is 1.84. The van der Waals surface area contributed by atoms with Crippen LogP contribution in [0.1, 0.15) is 17.7 Å². The number of fused-ring (bicyclic) bond motifs is 1. The molecule has 4 rings (SSSR count). The Labute approximate surface area is 130 Å². The molecule has 0 aliphatic carbocycles. The van der Waals surface area contributed by atoms with Crippen LogP contribution in [0, 0.1) is 0 Å². The van der Waals surface area contributed by atoms with Crippen LogP contribution >= 0.6 is 0 Å². The monoisotopic (exact) mass is 288 g/mol. The summed E-state index contributed by atoms with van der Waals surface area (Å²) in [5.41, 5.74) is 5.16. The highest BCUT2D eigenvalue weighted by Crippen LogP contribution is 2.31. The van der Waals surface area contributed by atoms with Crippen LogP contribution in [0.4, 0.5) is 11.4 Å². The molecule has 2 aromatic carbocycles. The van der Waals surface area contributed by atoms with E-state index in [-0.39, 0.29) is 0 Å². The molecule has 1 aliphatic rings. The maximum Gasteiger partial charge on any atom is 0.252 e. The summed E-state index contributed by atoms with van der Waals surface area (Å²) in [5, 5.41) is 0. The minimum Gasteiger partial charge on any atom is -0.462 e. The zero-order valence-electron chi connectivity index (χ0n) is 12.4. The Bertz CT molecular complexity index is 800. The Kier molecular flexibility index (Phi) is 3.36. The first-order valence-electron chi connectivity index (χ1n) is 7.72. The quantitative estimate of drug-likeness (QED) is 0.636.